The molecule has 0 radical (unpaired) electrons. The molecule has 2 aliphatic rings. The number of amides is 1. The predicted octanol–water partition coefficient (Wildman–Crippen LogP) is 4.79. The van der Waals surface area contributed by atoms with Gasteiger partial charge in [-0.3, -0.25) is 4.79 Å². The van der Waals surface area contributed by atoms with Crippen molar-refractivity contribution in [3.8, 4) is 5.75 Å². The van der Waals surface area contributed by atoms with Crippen LogP contribution in [0.5, 0.6) is 5.75 Å². The minimum absolute atomic E-state index is 0.337. The maximum Gasteiger partial charge on any atom is 0.344 e. The average Bonchev–Trinajstić information content (AvgIpc) is 3.32. The van der Waals surface area contributed by atoms with Gasteiger partial charge < -0.3 is 9.15 Å². The lowest BCUT2D eigenvalue weighted by Crippen LogP contribution is -2.53. The van der Waals surface area contributed by atoms with Gasteiger partial charge in [-0.2, -0.15) is 10.1 Å². The number of carbonyl (C=O) groups excluding carboxylic acids is 1. The molecule has 6 rings (SSSR count). The number of rotatable bonds is 2. The molecule has 0 fully saturated rings. The lowest BCUT2D eigenvalue weighted by Gasteiger charge is -2.29. The third-order valence-electron chi connectivity index (χ3n) is 6.47. The normalized spacial score (nSPS) is 21.4. The van der Waals surface area contributed by atoms with Crippen LogP contribution in [-0.4, -0.2) is 17.2 Å². The highest BCUT2D eigenvalue weighted by Gasteiger charge is 2.63. The molecule has 3 aromatic carbocycles. The topological polar surface area (TPSA) is 72.1 Å². The van der Waals surface area contributed by atoms with Gasteiger partial charge >= 0.3 is 5.63 Å². The number of ether oxygens (including phenoxy) is 1. The summed E-state index contributed by atoms with van der Waals surface area (Å²) >= 11 is 0. The van der Waals surface area contributed by atoms with Crippen molar-refractivity contribution in [2.45, 2.75) is 25.4 Å². The number of fused-ring (bicyclic) bond motifs is 3. The zero-order valence-electron chi connectivity index (χ0n) is 18.1. The third kappa shape index (κ3) is 2.64. The van der Waals surface area contributed by atoms with Gasteiger partial charge in [0.25, 0.3) is 5.91 Å². The van der Waals surface area contributed by atoms with Gasteiger partial charge in [0.1, 0.15) is 11.3 Å². The molecule has 6 nitrogen and oxygen atoms in total. The van der Waals surface area contributed by atoms with Gasteiger partial charge in [-0.05, 0) is 43.7 Å². The van der Waals surface area contributed by atoms with Gasteiger partial charge in [0, 0.05) is 0 Å². The van der Waals surface area contributed by atoms with Crippen molar-refractivity contribution in [1.82, 2.24) is 0 Å². The van der Waals surface area contributed by atoms with Crippen LogP contribution in [0.1, 0.15) is 29.5 Å². The van der Waals surface area contributed by atoms with E-state index >= 15 is 0 Å². The third-order valence-corrected chi connectivity index (χ3v) is 6.47. The van der Waals surface area contributed by atoms with Crippen LogP contribution in [0, 0.1) is 6.92 Å². The number of benzene rings is 3. The fourth-order valence-corrected chi connectivity index (χ4v) is 4.85. The zero-order chi connectivity index (χ0) is 22.7. The number of hydrazone groups is 1. The first-order valence-corrected chi connectivity index (χ1v) is 10.8. The Kier molecular flexibility index (Phi) is 4.08. The molecule has 1 amide bonds. The van der Waals surface area contributed by atoms with Gasteiger partial charge in [-0.25, -0.2) is 4.79 Å². The van der Waals surface area contributed by atoms with Crippen LogP contribution < -0.4 is 15.4 Å². The van der Waals surface area contributed by atoms with E-state index in [2.05, 4.69) is 5.10 Å². The van der Waals surface area contributed by atoms with Gasteiger partial charge in [0.15, 0.2) is 0 Å². The van der Waals surface area contributed by atoms with Crippen LogP contribution in [0.15, 0.2) is 93.2 Å². The molecule has 0 saturated heterocycles. The first-order chi connectivity index (χ1) is 16.0. The van der Waals surface area contributed by atoms with Gasteiger partial charge in [0.05, 0.1) is 28.3 Å². The molecule has 1 aromatic heterocycles. The predicted molar refractivity (Wildman–Crippen MR) is 126 cm³/mol. The van der Waals surface area contributed by atoms with E-state index in [1.807, 2.05) is 73.7 Å². The van der Waals surface area contributed by atoms with Crippen LogP contribution in [0.3, 0.4) is 0 Å². The Balaban J connectivity index is 1.63. The molecule has 162 valence electrons. The van der Waals surface area contributed by atoms with Crippen LogP contribution in [0.25, 0.3) is 11.0 Å². The fourth-order valence-electron chi connectivity index (χ4n) is 4.85. The molecule has 0 saturated carbocycles. The van der Waals surface area contributed by atoms with E-state index in [9.17, 15) is 9.59 Å². The van der Waals surface area contributed by atoms with Gasteiger partial charge in [0.2, 0.25) is 5.60 Å². The summed E-state index contributed by atoms with van der Waals surface area (Å²) in [5, 5.41) is 6.62. The number of hydrogen-bond donors (Lipinski definition) is 0. The molecule has 2 aliphatic heterocycles. The van der Waals surface area contributed by atoms with E-state index in [0.29, 0.717) is 33.7 Å². The second-order valence-corrected chi connectivity index (χ2v) is 8.45. The number of hydrogen-bond acceptors (Lipinski definition) is 5. The van der Waals surface area contributed by atoms with Crippen molar-refractivity contribution in [1.29, 1.82) is 0 Å². The van der Waals surface area contributed by atoms with E-state index in [1.54, 1.807) is 19.1 Å². The van der Waals surface area contributed by atoms with Crippen molar-refractivity contribution in [2.75, 3.05) is 5.01 Å². The Bertz CT molecular complexity index is 1510. The van der Waals surface area contributed by atoms with Crippen molar-refractivity contribution in [3.63, 3.8) is 0 Å². The van der Waals surface area contributed by atoms with Gasteiger partial charge in [-0.1, -0.05) is 60.2 Å². The van der Waals surface area contributed by atoms with Crippen LogP contribution in [-0.2, 0) is 4.79 Å². The second-order valence-electron chi connectivity index (χ2n) is 8.45. The number of nitrogens with zero attached hydrogens (tertiary/aromatic N) is 2. The number of aryl methyl sites for hydroxylation is 1. The second kappa shape index (κ2) is 6.90. The first-order valence-electron chi connectivity index (χ1n) is 10.8. The largest absolute Gasteiger partial charge is 0.469 e. The highest BCUT2D eigenvalue weighted by Crippen LogP contribution is 2.53. The monoisotopic (exact) mass is 436 g/mol. The summed E-state index contributed by atoms with van der Waals surface area (Å²) in [6.07, 6.45) is 0. The Morgan fingerprint density at radius 1 is 0.879 bits per heavy atom. The standard InChI is InChI=1S/C27H20N2O4/c1-16-12-14-18(15-13-16)23-22-24(20-10-6-7-11-21(20)32-25(22)30)33-27(23)17(2)28-29(26(27)31)19-8-4-3-5-9-19/h3-15,23H,1-2H3/t23-,27+/m0/s1. The lowest BCUT2D eigenvalue weighted by atomic mass is 9.76. The number of carbonyl (C=O) groups is 1. The van der Waals surface area contributed by atoms with E-state index in [-0.39, 0.29) is 5.91 Å². The summed E-state index contributed by atoms with van der Waals surface area (Å²) in [6.45, 7) is 3.77. The molecule has 0 aliphatic carbocycles. The Morgan fingerprint density at radius 3 is 2.33 bits per heavy atom. The SMILES string of the molecule is CC1=NN(c2ccccc2)C(=O)[C@@]12Oc1c(c(=O)oc3ccccc13)[C@@H]2c1ccc(C)cc1. The van der Waals surface area contributed by atoms with E-state index in [1.165, 1.54) is 5.01 Å². The molecule has 33 heavy (non-hydrogen) atoms. The molecule has 3 heterocycles. The molecule has 0 bridgehead atoms. The minimum Gasteiger partial charge on any atom is -0.469 e. The van der Waals surface area contributed by atoms with Gasteiger partial charge in [-0.15, -0.1) is 0 Å². The quantitative estimate of drug-likeness (QED) is 0.424. The fraction of sp³-hybridized carbons (Fsp3) is 0.148. The Labute approximate surface area is 189 Å². The summed E-state index contributed by atoms with van der Waals surface area (Å²) in [7, 11) is 0. The van der Waals surface area contributed by atoms with E-state index in [4.69, 9.17) is 9.15 Å². The highest BCUT2D eigenvalue weighted by molar-refractivity contribution is 6.23. The molecule has 4 aromatic rings. The summed E-state index contributed by atoms with van der Waals surface area (Å²) < 4.78 is 12.2. The van der Waals surface area contributed by atoms with Crippen LogP contribution in [0.2, 0.25) is 0 Å². The van der Waals surface area contributed by atoms with Crippen LogP contribution in [0.4, 0.5) is 5.69 Å². The zero-order valence-corrected chi connectivity index (χ0v) is 18.1. The maximum atomic E-state index is 14.1. The summed E-state index contributed by atoms with van der Waals surface area (Å²) in [5.74, 6) is -0.652. The molecular formula is C27H20N2O4. The minimum atomic E-state index is -1.48. The summed E-state index contributed by atoms with van der Waals surface area (Å²) in [6, 6.07) is 24.2. The van der Waals surface area contributed by atoms with E-state index in [0.717, 1.165) is 11.1 Å². The Morgan fingerprint density at radius 2 is 1.58 bits per heavy atom. The number of anilines is 1. The van der Waals surface area contributed by atoms with Crippen molar-refractivity contribution in [2.24, 2.45) is 5.10 Å². The summed E-state index contributed by atoms with van der Waals surface area (Å²) in [4.78, 5) is 27.3. The van der Waals surface area contributed by atoms with Crippen LogP contribution >= 0.6 is 0 Å². The number of para-hydroxylation sites is 2. The average molecular weight is 436 g/mol. The van der Waals surface area contributed by atoms with Crippen molar-refractivity contribution >= 4 is 28.3 Å². The molecular weight excluding hydrogens is 416 g/mol. The lowest BCUT2D eigenvalue weighted by molar-refractivity contribution is -0.127. The Hall–Kier alpha value is -4.19. The van der Waals surface area contributed by atoms with Crippen molar-refractivity contribution < 1.29 is 13.9 Å². The highest BCUT2D eigenvalue weighted by atomic mass is 16.5. The molecule has 6 heteroatoms. The maximum absolute atomic E-state index is 14.1. The smallest absolute Gasteiger partial charge is 0.344 e. The van der Waals surface area contributed by atoms with Crippen molar-refractivity contribution in [3.05, 3.63) is 106 Å². The van der Waals surface area contributed by atoms with E-state index < -0.39 is 17.1 Å². The molecule has 0 unspecified atom stereocenters. The summed E-state index contributed by atoms with van der Waals surface area (Å²) in [5.41, 5.74) is 1.76. The molecule has 1 spiro atoms. The first kappa shape index (κ1) is 19.5. The molecule has 2 atom stereocenters. The molecule has 0 N–H and O–H groups in total.